The number of nitrogens with zero attached hydrogens (tertiary/aromatic N) is 1. The van der Waals surface area contributed by atoms with E-state index in [2.05, 4.69) is 4.40 Å². The minimum absolute atomic E-state index is 0.0918. The van der Waals surface area contributed by atoms with Gasteiger partial charge in [0.05, 0.1) is 15.3 Å². The van der Waals surface area contributed by atoms with Crippen molar-refractivity contribution in [3.63, 3.8) is 0 Å². The highest BCUT2D eigenvalue weighted by Crippen LogP contribution is 2.35. The molecule has 0 bridgehead atoms. The Morgan fingerprint density at radius 1 is 1.26 bits per heavy atom. The molecule has 19 heavy (non-hydrogen) atoms. The Balaban J connectivity index is 3.11. The summed E-state index contributed by atoms with van der Waals surface area (Å²) in [6, 6.07) is 3.51. The summed E-state index contributed by atoms with van der Waals surface area (Å²) in [5.41, 5.74) is -0.839. The van der Waals surface area contributed by atoms with Gasteiger partial charge in [-0.25, -0.2) is 4.21 Å². The second-order valence-electron chi connectivity index (χ2n) is 4.80. The molecule has 0 saturated heterocycles. The van der Waals surface area contributed by atoms with Gasteiger partial charge in [-0.3, -0.25) is 0 Å². The van der Waals surface area contributed by atoms with E-state index < -0.39 is 32.5 Å². The molecule has 0 aliphatic carbocycles. The zero-order valence-electron chi connectivity index (χ0n) is 10.6. The molecule has 0 amide bonds. The summed E-state index contributed by atoms with van der Waals surface area (Å²) in [5, 5.41) is -0.440. The second kappa shape index (κ2) is 5.63. The first kappa shape index (κ1) is 16.2. The molecule has 0 spiro atoms. The molecular formula is C12H13ClF3NOS. The van der Waals surface area contributed by atoms with E-state index in [1.807, 2.05) is 0 Å². The fourth-order valence-electron chi connectivity index (χ4n) is 1.13. The molecule has 0 aliphatic heterocycles. The van der Waals surface area contributed by atoms with Gasteiger partial charge in [-0.05, 0) is 26.8 Å². The number of benzene rings is 1. The lowest BCUT2D eigenvalue weighted by Gasteiger charge is -2.13. The summed E-state index contributed by atoms with van der Waals surface area (Å²) < 4.78 is 52.7. The van der Waals surface area contributed by atoms with Gasteiger partial charge in [0, 0.05) is 11.8 Å². The quantitative estimate of drug-likeness (QED) is 0.751. The van der Waals surface area contributed by atoms with Gasteiger partial charge in [-0.2, -0.15) is 17.6 Å². The average molecular weight is 312 g/mol. The molecule has 7 heteroatoms. The molecule has 0 N–H and O–H groups in total. The molecule has 0 heterocycles. The summed E-state index contributed by atoms with van der Waals surface area (Å²) in [5.74, 6) is 0. The van der Waals surface area contributed by atoms with Crippen LogP contribution in [-0.4, -0.2) is 15.2 Å². The fraction of sp³-hybridized carbons (Fsp3) is 0.417. The van der Waals surface area contributed by atoms with Crippen LogP contribution in [0.15, 0.2) is 22.6 Å². The first-order valence-electron chi connectivity index (χ1n) is 5.35. The van der Waals surface area contributed by atoms with Crippen LogP contribution >= 0.6 is 11.6 Å². The van der Waals surface area contributed by atoms with Crippen molar-refractivity contribution in [2.75, 3.05) is 0 Å². The predicted molar refractivity (Wildman–Crippen MR) is 71.9 cm³/mol. The van der Waals surface area contributed by atoms with E-state index in [9.17, 15) is 17.4 Å². The zero-order valence-corrected chi connectivity index (χ0v) is 12.2. The van der Waals surface area contributed by atoms with Crippen molar-refractivity contribution >= 4 is 28.8 Å². The standard InChI is InChI=1S/C12H13ClF3NOS/c1-11(2,3)19(18)17-7-8-5-4-6-9(10(8)13)12(14,15)16/h4-7H,1-3H3/t19-/m1/s1. The number of rotatable bonds is 2. The van der Waals surface area contributed by atoms with Crippen molar-refractivity contribution in [2.24, 2.45) is 4.40 Å². The predicted octanol–water partition coefficient (Wildman–Crippen LogP) is 4.24. The SMILES string of the molecule is CC(C)(C)[S@@](=O)N=Cc1cccc(C(F)(F)F)c1Cl. The highest BCUT2D eigenvalue weighted by Gasteiger charge is 2.33. The van der Waals surface area contributed by atoms with Gasteiger partial charge >= 0.3 is 6.18 Å². The maximum Gasteiger partial charge on any atom is 0.417 e. The molecule has 106 valence electrons. The van der Waals surface area contributed by atoms with Gasteiger partial charge in [0.15, 0.2) is 0 Å². The normalized spacial score (nSPS) is 14.9. The van der Waals surface area contributed by atoms with Crippen LogP contribution in [0, 0.1) is 0 Å². The van der Waals surface area contributed by atoms with Crippen LogP contribution in [0.1, 0.15) is 31.9 Å². The molecule has 0 radical (unpaired) electrons. The minimum Gasteiger partial charge on any atom is -0.234 e. The first-order valence-corrected chi connectivity index (χ1v) is 6.83. The van der Waals surface area contributed by atoms with Crippen LogP contribution in [0.2, 0.25) is 5.02 Å². The Morgan fingerprint density at radius 3 is 2.32 bits per heavy atom. The smallest absolute Gasteiger partial charge is 0.234 e. The number of halogens is 4. The van der Waals surface area contributed by atoms with Crippen LogP contribution in [0.4, 0.5) is 13.2 Å². The maximum atomic E-state index is 12.6. The van der Waals surface area contributed by atoms with Gasteiger partial charge in [-0.1, -0.05) is 23.7 Å². The van der Waals surface area contributed by atoms with Gasteiger partial charge in [0.2, 0.25) is 0 Å². The van der Waals surface area contributed by atoms with Crippen molar-refractivity contribution in [3.05, 3.63) is 34.3 Å². The highest BCUT2D eigenvalue weighted by molar-refractivity contribution is 7.85. The van der Waals surface area contributed by atoms with Crippen LogP contribution in [0.25, 0.3) is 0 Å². The Labute approximate surface area is 117 Å². The van der Waals surface area contributed by atoms with E-state index in [0.29, 0.717) is 0 Å². The van der Waals surface area contributed by atoms with Gasteiger partial charge < -0.3 is 0 Å². The molecule has 0 aromatic heterocycles. The number of hydrogen-bond acceptors (Lipinski definition) is 1. The van der Waals surface area contributed by atoms with Crippen LogP contribution < -0.4 is 0 Å². The lowest BCUT2D eigenvalue weighted by atomic mass is 10.1. The topological polar surface area (TPSA) is 29.4 Å². The largest absolute Gasteiger partial charge is 0.417 e. The van der Waals surface area contributed by atoms with Crippen LogP contribution in [-0.2, 0) is 17.2 Å². The molecule has 0 unspecified atom stereocenters. The van der Waals surface area contributed by atoms with Crippen molar-refractivity contribution in [2.45, 2.75) is 31.7 Å². The Kier molecular flexibility index (Phi) is 4.79. The molecule has 1 aromatic carbocycles. The van der Waals surface area contributed by atoms with Crippen molar-refractivity contribution < 1.29 is 17.4 Å². The van der Waals surface area contributed by atoms with Crippen molar-refractivity contribution in [3.8, 4) is 0 Å². The number of alkyl halides is 3. The van der Waals surface area contributed by atoms with Gasteiger partial charge in [-0.15, -0.1) is 0 Å². The third-order valence-corrected chi connectivity index (χ3v) is 3.91. The molecule has 1 aromatic rings. The summed E-state index contributed by atoms with van der Waals surface area (Å²) in [4.78, 5) is 0. The van der Waals surface area contributed by atoms with Crippen molar-refractivity contribution in [1.29, 1.82) is 0 Å². The van der Waals surface area contributed by atoms with Crippen LogP contribution in [0.5, 0.6) is 0 Å². The fourth-order valence-corrected chi connectivity index (χ4v) is 1.94. The van der Waals surface area contributed by atoms with E-state index in [1.54, 1.807) is 20.8 Å². The second-order valence-corrected chi connectivity index (χ2v) is 7.11. The third-order valence-electron chi connectivity index (χ3n) is 2.15. The van der Waals surface area contributed by atoms with Crippen LogP contribution in [0.3, 0.4) is 0 Å². The summed E-state index contributed by atoms with van der Waals surface area (Å²) in [6.07, 6.45) is -3.41. The maximum absolute atomic E-state index is 12.6. The first-order chi connectivity index (χ1) is 8.53. The van der Waals surface area contributed by atoms with Crippen molar-refractivity contribution in [1.82, 2.24) is 0 Å². The van der Waals surface area contributed by atoms with Gasteiger partial charge in [0.25, 0.3) is 0 Å². The molecule has 1 rings (SSSR count). The third kappa shape index (κ3) is 4.31. The molecule has 0 saturated carbocycles. The lowest BCUT2D eigenvalue weighted by molar-refractivity contribution is -0.137. The summed E-state index contributed by atoms with van der Waals surface area (Å²) >= 11 is 5.68. The van der Waals surface area contributed by atoms with E-state index in [0.717, 1.165) is 12.3 Å². The van der Waals surface area contributed by atoms with E-state index in [1.165, 1.54) is 12.1 Å². The van der Waals surface area contributed by atoms with E-state index >= 15 is 0 Å². The average Bonchev–Trinajstić information content (AvgIpc) is 2.24. The van der Waals surface area contributed by atoms with E-state index in [4.69, 9.17) is 11.6 Å². The zero-order chi connectivity index (χ0) is 14.8. The molecule has 1 atom stereocenters. The molecular weight excluding hydrogens is 299 g/mol. The van der Waals surface area contributed by atoms with Gasteiger partial charge in [0.1, 0.15) is 11.0 Å². The minimum atomic E-state index is -4.52. The highest BCUT2D eigenvalue weighted by atomic mass is 35.5. The lowest BCUT2D eigenvalue weighted by Crippen LogP contribution is -2.19. The Hall–Kier alpha value is -0.880. The molecule has 0 aliphatic rings. The molecule has 2 nitrogen and oxygen atoms in total. The van der Waals surface area contributed by atoms with E-state index in [-0.39, 0.29) is 5.56 Å². The molecule has 0 fully saturated rings. The summed E-state index contributed by atoms with van der Waals surface area (Å²) in [6.45, 7) is 5.15. The Morgan fingerprint density at radius 2 is 1.84 bits per heavy atom. The number of hydrogen-bond donors (Lipinski definition) is 0. The monoisotopic (exact) mass is 311 g/mol. The summed E-state index contributed by atoms with van der Waals surface area (Å²) in [7, 11) is -1.54. The Bertz CT molecular complexity index is 521.